The van der Waals surface area contributed by atoms with Gasteiger partial charge in [0, 0.05) is 57.9 Å². The third-order valence-electron chi connectivity index (χ3n) is 6.88. The molecule has 0 bridgehead atoms. The number of nitrogens with zero attached hydrogens (tertiary/aromatic N) is 5. The Kier molecular flexibility index (Phi) is 8.94. The van der Waals surface area contributed by atoms with E-state index in [1.807, 2.05) is 34.7 Å². The number of rotatable bonds is 11. The number of imidazole rings is 1. The molecule has 0 atom stereocenters. The SMILES string of the molecule is CCOc1ccc(S(=O)(=O)N2CCN(C)CC2)cc1CNCCn1c(C)nc2c1c(=O)[nH]c(=O)n2CC(C)C. The predicted octanol–water partition coefficient (Wildman–Crippen LogP) is 0.975. The van der Waals surface area contributed by atoms with Crippen molar-refractivity contribution in [3.63, 3.8) is 0 Å². The van der Waals surface area contributed by atoms with Crippen LogP contribution < -0.4 is 21.3 Å². The first kappa shape index (κ1) is 29.0. The molecule has 1 aliphatic rings. The number of aromatic amines is 1. The quantitative estimate of drug-likeness (QED) is 0.331. The van der Waals surface area contributed by atoms with E-state index in [1.165, 1.54) is 8.87 Å². The molecule has 13 heteroatoms. The summed E-state index contributed by atoms with van der Waals surface area (Å²) < 4.78 is 37.2. The molecule has 0 saturated carbocycles. The standard InChI is InChI=1S/C26H39N7O5S/c1-6-38-22-8-7-21(39(36,37)31-13-11-30(5)12-14-31)15-20(22)16-27-9-10-32-19(4)28-24-23(32)25(34)29-26(35)33(24)17-18(2)3/h7-8,15,18,27H,6,9-14,16-17H2,1-5H3,(H,29,34,35). The van der Waals surface area contributed by atoms with Crippen molar-refractivity contribution < 1.29 is 13.2 Å². The lowest BCUT2D eigenvalue weighted by molar-refractivity contribution is 0.222. The van der Waals surface area contributed by atoms with E-state index in [4.69, 9.17) is 4.74 Å². The Labute approximate surface area is 228 Å². The number of sulfonamides is 1. The molecule has 4 rings (SSSR count). The molecule has 0 spiro atoms. The van der Waals surface area contributed by atoms with Crippen LogP contribution in [0.5, 0.6) is 5.75 Å². The fraction of sp³-hybridized carbons (Fsp3) is 0.577. The zero-order valence-electron chi connectivity index (χ0n) is 23.4. The van der Waals surface area contributed by atoms with Gasteiger partial charge in [0.05, 0.1) is 11.5 Å². The van der Waals surface area contributed by atoms with Crippen molar-refractivity contribution in [1.82, 2.24) is 33.6 Å². The average molecular weight is 562 g/mol. The molecule has 3 aromatic rings. The molecule has 1 saturated heterocycles. The molecule has 0 aliphatic carbocycles. The summed E-state index contributed by atoms with van der Waals surface area (Å²) >= 11 is 0. The third kappa shape index (κ3) is 6.26. The molecule has 1 aliphatic heterocycles. The summed E-state index contributed by atoms with van der Waals surface area (Å²) in [6.45, 7) is 12.2. The van der Waals surface area contributed by atoms with Crippen LogP contribution in [0.25, 0.3) is 11.2 Å². The first-order valence-electron chi connectivity index (χ1n) is 13.4. The van der Waals surface area contributed by atoms with Gasteiger partial charge in [0.25, 0.3) is 5.56 Å². The Morgan fingerprint density at radius 3 is 2.51 bits per heavy atom. The summed E-state index contributed by atoms with van der Waals surface area (Å²) in [7, 11) is -1.63. The number of likely N-dealkylation sites (N-methyl/N-ethyl adjacent to an activating group) is 1. The Balaban J connectivity index is 1.52. The molecule has 1 fully saturated rings. The first-order chi connectivity index (χ1) is 18.5. The van der Waals surface area contributed by atoms with Gasteiger partial charge in [-0.05, 0) is 45.0 Å². The number of ether oxygens (including phenoxy) is 1. The molecule has 0 unspecified atom stereocenters. The van der Waals surface area contributed by atoms with E-state index in [2.05, 4.69) is 20.2 Å². The number of hydrogen-bond donors (Lipinski definition) is 2. The Morgan fingerprint density at radius 1 is 1.13 bits per heavy atom. The van der Waals surface area contributed by atoms with Crippen molar-refractivity contribution in [3.05, 3.63) is 50.4 Å². The topological polar surface area (TPSA) is 135 Å². The average Bonchev–Trinajstić information content (AvgIpc) is 3.21. The Hall–Kier alpha value is -3.00. The van der Waals surface area contributed by atoms with Crippen molar-refractivity contribution in [2.75, 3.05) is 46.4 Å². The second-order valence-corrected chi connectivity index (χ2v) is 12.3. The van der Waals surface area contributed by atoms with Crippen molar-refractivity contribution in [3.8, 4) is 5.75 Å². The molecule has 2 N–H and O–H groups in total. The minimum atomic E-state index is -3.61. The fourth-order valence-electron chi connectivity index (χ4n) is 4.83. The monoisotopic (exact) mass is 561 g/mol. The number of fused-ring (bicyclic) bond motifs is 1. The van der Waals surface area contributed by atoms with Crippen LogP contribution in [0.2, 0.25) is 0 Å². The van der Waals surface area contributed by atoms with E-state index in [0.29, 0.717) is 81.7 Å². The summed E-state index contributed by atoms with van der Waals surface area (Å²) in [4.78, 5) is 34.4. The largest absolute Gasteiger partial charge is 0.494 e. The van der Waals surface area contributed by atoms with Crippen molar-refractivity contribution in [2.45, 2.75) is 52.2 Å². The van der Waals surface area contributed by atoms with Crippen molar-refractivity contribution in [2.24, 2.45) is 5.92 Å². The zero-order valence-corrected chi connectivity index (χ0v) is 24.2. The smallest absolute Gasteiger partial charge is 0.330 e. The second kappa shape index (κ2) is 12.0. The molecule has 0 amide bonds. The van der Waals surface area contributed by atoms with Crippen LogP contribution in [0.15, 0.2) is 32.7 Å². The summed E-state index contributed by atoms with van der Waals surface area (Å²) in [6.07, 6.45) is 0. The van der Waals surface area contributed by atoms with Gasteiger partial charge in [-0.25, -0.2) is 18.2 Å². The minimum Gasteiger partial charge on any atom is -0.494 e. The maximum absolute atomic E-state index is 13.3. The van der Waals surface area contributed by atoms with Gasteiger partial charge in [0.1, 0.15) is 11.6 Å². The van der Waals surface area contributed by atoms with Crippen LogP contribution in [0.4, 0.5) is 0 Å². The molecule has 214 valence electrons. The molecule has 12 nitrogen and oxygen atoms in total. The molecule has 2 aromatic heterocycles. The first-order valence-corrected chi connectivity index (χ1v) is 14.8. The number of piperazine rings is 1. The van der Waals surface area contributed by atoms with Crippen LogP contribution >= 0.6 is 0 Å². The van der Waals surface area contributed by atoms with Gasteiger partial charge in [0.2, 0.25) is 10.0 Å². The number of hydrogen-bond acceptors (Lipinski definition) is 8. The highest BCUT2D eigenvalue weighted by Crippen LogP contribution is 2.25. The highest BCUT2D eigenvalue weighted by Gasteiger charge is 2.28. The molecular formula is C26H39N7O5S. The maximum atomic E-state index is 13.3. The van der Waals surface area contributed by atoms with Gasteiger partial charge in [-0.1, -0.05) is 13.8 Å². The van der Waals surface area contributed by atoms with Crippen molar-refractivity contribution >= 4 is 21.2 Å². The Bertz CT molecular complexity index is 1530. The highest BCUT2D eigenvalue weighted by atomic mass is 32.2. The van der Waals surface area contributed by atoms with E-state index in [9.17, 15) is 18.0 Å². The van der Waals surface area contributed by atoms with Crippen LogP contribution in [-0.2, 0) is 29.7 Å². The summed E-state index contributed by atoms with van der Waals surface area (Å²) in [5.74, 6) is 1.47. The number of aromatic nitrogens is 4. The van der Waals surface area contributed by atoms with Gasteiger partial charge in [-0.3, -0.25) is 14.3 Å². The van der Waals surface area contributed by atoms with Gasteiger partial charge < -0.3 is 19.5 Å². The normalized spacial score (nSPS) is 15.4. The minimum absolute atomic E-state index is 0.208. The highest BCUT2D eigenvalue weighted by molar-refractivity contribution is 7.89. The summed E-state index contributed by atoms with van der Waals surface area (Å²) in [5, 5.41) is 3.35. The van der Waals surface area contributed by atoms with E-state index in [-0.39, 0.29) is 10.8 Å². The third-order valence-corrected chi connectivity index (χ3v) is 8.78. The second-order valence-electron chi connectivity index (χ2n) is 10.3. The number of nitrogens with one attached hydrogen (secondary N) is 2. The van der Waals surface area contributed by atoms with Crippen LogP contribution in [0, 0.1) is 12.8 Å². The predicted molar refractivity (Wildman–Crippen MR) is 150 cm³/mol. The molecule has 3 heterocycles. The number of aryl methyl sites for hydroxylation is 1. The lowest BCUT2D eigenvalue weighted by Crippen LogP contribution is -2.47. The molecule has 39 heavy (non-hydrogen) atoms. The van der Waals surface area contributed by atoms with Crippen LogP contribution in [-0.4, -0.2) is 83.1 Å². The van der Waals surface area contributed by atoms with Gasteiger partial charge in [0.15, 0.2) is 11.2 Å². The van der Waals surface area contributed by atoms with E-state index < -0.39 is 21.3 Å². The summed E-state index contributed by atoms with van der Waals surface area (Å²) in [5.41, 5.74) is 0.568. The van der Waals surface area contributed by atoms with Gasteiger partial charge >= 0.3 is 5.69 Å². The lowest BCUT2D eigenvalue weighted by atomic mass is 10.2. The van der Waals surface area contributed by atoms with Gasteiger partial charge in [-0.2, -0.15) is 4.31 Å². The fourth-order valence-corrected chi connectivity index (χ4v) is 6.31. The van der Waals surface area contributed by atoms with E-state index in [0.717, 1.165) is 5.56 Å². The van der Waals surface area contributed by atoms with Crippen LogP contribution in [0.1, 0.15) is 32.2 Å². The van der Waals surface area contributed by atoms with Crippen molar-refractivity contribution in [1.29, 1.82) is 0 Å². The van der Waals surface area contributed by atoms with E-state index in [1.54, 1.807) is 22.8 Å². The zero-order chi connectivity index (χ0) is 28.3. The maximum Gasteiger partial charge on any atom is 0.330 e. The molecule has 0 radical (unpaired) electrons. The van der Waals surface area contributed by atoms with E-state index >= 15 is 0 Å². The molecular weight excluding hydrogens is 522 g/mol. The van der Waals surface area contributed by atoms with Crippen LogP contribution in [0.3, 0.4) is 0 Å². The number of H-pyrrole nitrogens is 1. The molecule has 1 aromatic carbocycles. The Morgan fingerprint density at radius 2 is 1.85 bits per heavy atom. The number of benzene rings is 1. The summed E-state index contributed by atoms with van der Waals surface area (Å²) in [6, 6.07) is 5.00. The van der Waals surface area contributed by atoms with Gasteiger partial charge in [-0.15, -0.1) is 0 Å². The lowest BCUT2D eigenvalue weighted by Gasteiger charge is -2.31.